The summed E-state index contributed by atoms with van der Waals surface area (Å²) in [6.07, 6.45) is 3.26. The highest BCUT2D eigenvalue weighted by molar-refractivity contribution is 6.03. The van der Waals surface area contributed by atoms with Crippen molar-refractivity contribution in [3.63, 3.8) is 0 Å². The summed E-state index contributed by atoms with van der Waals surface area (Å²) in [7, 11) is 0. The number of benzene rings is 1. The summed E-state index contributed by atoms with van der Waals surface area (Å²) in [4.78, 5) is 1.83. The van der Waals surface area contributed by atoms with Crippen molar-refractivity contribution >= 4 is 17.6 Å². The van der Waals surface area contributed by atoms with E-state index in [2.05, 4.69) is 12.2 Å². The van der Waals surface area contributed by atoms with Crippen molar-refractivity contribution in [3.8, 4) is 0 Å². The lowest BCUT2D eigenvalue weighted by atomic mass is 10.2. The maximum Gasteiger partial charge on any atom is 0.202 e. The molecule has 0 aromatic heterocycles. The summed E-state index contributed by atoms with van der Waals surface area (Å²) in [6, 6.07) is 9.70. The first kappa shape index (κ1) is 14.0. The Bertz CT molecular complexity index is 388. The largest absolute Gasteiger partial charge is 0.370 e. The zero-order valence-corrected chi connectivity index (χ0v) is 10.7. The van der Waals surface area contributed by atoms with Crippen molar-refractivity contribution in [1.29, 1.82) is 10.8 Å². The van der Waals surface area contributed by atoms with Gasteiger partial charge in [0.05, 0.1) is 0 Å². The molecule has 0 fully saturated rings. The summed E-state index contributed by atoms with van der Waals surface area (Å²) >= 11 is 0. The van der Waals surface area contributed by atoms with Gasteiger partial charge in [-0.25, -0.2) is 0 Å². The van der Waals surface area contributed by atoms with Crippen LogP contribution in [-0.2, 0) is 0 Å². The molecular weight excluding hydrogens is 226 g/mol. The molecule has 0 amide bonds. The lowest BCUT2D eigenvalue weighted by Crippen LogP contribution is -2.46. The molecule has 0 spiro atoms. The summed E-state index contributed by atoms with van der Waals surface area (Å²) in [5.74, 6) is -0.0683. The van der Waals surface area contributed by atoms with Gasteiger partial charge >= 0.3 is 0 Å². The van der Waals surface area contributed by atoms with E-state index in [1.165, 1.54) is 0 Å². The Hall–Kier alpha value is -2.04. The maximum atomic E-state index is 7.94. The monoisotopic (exact) mass is 247 g/mol. The summed E-state index contributed by atoms with van der Waals surface area (Å²) < 4.78 is 0. The predicted octanol–water partition coefficient (Wildman–Crippen LogP) is 2.10. The fraction of sp³-hybridized carbons (Fsp3) is 0.385. The van der Waals surface area contributed by atoms with E-state index in [0.717, 1.165) is 31.5 Å². The molecule has 0 aliphatic carbocycles. The normalized spacial score (nSPS) is 9.83. The van der Waals surface area contributed by atoms with E-state index in [4.69, 9.17) is 16.6 Å². The fourth-order valence-corrected chi connectivity index (χ4v) is 1.69. The Labute approximate surface area is 108 Å². The first-order valence-corrected chi connectivity index (χ1v) is 6.17. The van der Waals surface area contributed by atoms with E-state index in [1.807, 2.05) is 35.2 Å². The molecule has 1 aromatic rings. The van der Waals surface area contributed by atoms with Gasteiger partial charge in [-0.15, -0.1) is 0 Å². The minimum absolute atomic E-state index is 0.143. The van der Waals surface area contributed by atoms with Crippen molar-refractivity contribution in [3.05, 3.63) is 30.3 Å². The van der Waals surface area contributed by atoms with Crippen LogP contribution in [0.5, 0.6) is 0 Å². The van der Waals surface area contributed by atoms with Crippen LogP contribution < -0.4 is 16.0 Å². The third-order valence-electron chi connectivity index (χ3n) is 2.58. The number of nitrogens with zero attached hydrogens (tertiary/aromatic N) is 1. The second kappa shape index (κ2) is 7.32. The number of anilines is 1. The highest BCUT2D eigenvalue weighted by Gasteiger charge is 2.11. The van der Waals surface area contributed by atoms with Gasteiger partial charge in [0, 0.05) is 12.2 Å². The van der Waals surface area contributed by atoms with E-state index in [0.29, 0.717) is 0 Å². The molecule has 5 nitrogen and oxygen atoms in total. The zero-order valence-electron chi connectivity index (χ0n) is 10.7. The Morgan fingerprint density at radius 3 is 2.44 bits per heavy atom. The molecule has 0 aliphatic rings. The first-order valence-electron chi connectivity index (χ1n) is 6.17. The number of nitrogens with one attached hydrogen (secondary N) is 3. The van der Waals surface area contributed by atoms with Crippen LogP contribution in [0.3, 0.4) is 0 Å². The molecule has 1 rings (SSSR count). The lowest BCUT2D eigenvalue weighted by molar-refractivity contribution is 0.718. The van der Waals surface area contributed by atoms with E-state index in [-0.39, 0.29) is 11.9 Å². The maximum absolute atomic E-state index is 7.94. The number of hydrogen-bond donors (Lipinski definition) is 4. The van der Waals surface area contributed by atoms with E-state index < -0.39 is 0 Å². The van der Waals surface area contributed by atoms with Crippen LogP contribution in [0.4, 0.5) is 5.69 Å². The Kier molecular flexibility index (Phi) is 5.70. The number of unbranched alkanes of at least 4 members (excludes halogenated alkanes) is 2. The molecular formula is C13H21N5. The van der Waals surface area contributed by atoms with Crippen LogP contribution >= 0.6 is 0 Å². The van der Waals surface area contributed by atoms with Gasteiger partial charge in [0.15, 0.2) is 5.96 Å². The Morgan fingerprint density at radius 1 is 1.22 bits per heavy atom. The molecule has 0 heterocycles. The predicted molar refractivity (Wildman–Crippen MR) is 76.1 cm³/mol. The molecule has 0 saturated carbocycles. The van der Waals surface area contributed by atoms with Crippen molar-refractivity contribution in [2.75, 3.05) is 11.4 Å². The smallest absolute Gasteiger partial charge is 0.202 e. The Morgan fingerprint density at radius 2 is 1.89 bits per heavy atom. The van der Waals surface area contributed by atoms with Crippen molar-refractivity contribution in [2.45, 2.75) is 26.2 Å². The van der Waals surface area contributed by atoms with Gasteiger partial charge in [-0.1, -0.05) is 38.0 Å². The van der Waals surface area contributed by atoms with Gasteiger partial charge in [-0.2, -0.15) is 0 Å². The van der Waals surface area contributed by atoms with Gasteiger partial charge < -0.3 is 10.6 Å². The molecule has 0 atom stereocenters. The van der Waals surface area contributed by atoms with Gasteiger partial charge in [-0.3, -0.25) is 16.1 Å². The van der Waals surface area contributed by atoms with Gasteiger partial charge in [0.1, 0.15) is 0 Å². The highest BCUT2D eigenvalue weighted by Crippen LogP contribution is 2.14. The van der Waals surface area contributed by atoms with Crippen LogP contribution in [0.15, 0.2) is 30.3 Å². The van der Waals surface area contributed by atoms with Crippen LogP contribution in [0.2, 0.25) is 0 Å². The molecule has 0 radical (unpaired) electrons. The highest BCUT2D eigenvalue weighted by atomic mass is 15.3. The SMILES string of the molecule is CCCCCN(C(=N)NC(=N)N)c1ccccc1. The first-order chi connectivity index (χ1) is 8.65. The average molecular weight is 247 g/mol. The third-order valence-corrected chi connectivity index (χ3v) is 2.58. The number of guanidine groups is 2. The number of nitrogens with two attached hydrogens (primary N) is 1. The van der Waals surface area contributed by atoms with E-state index >= 15 is 0 Å². The Balaban J connectivity index is 2.75. The number of para-hydroxylation sites is 1. The summed E-state index contributed by atoms with van der Waals surface area (Å²) in [5.41, 5.74) is 6.21. The average Bonchev–Trinajstić information content (AvgIpc) is 2.35. The van der Waals surface area contributed by atoms with Gasteiger partial charge in [-0.05, 0) is 18.6 Å². The zero-order chi connectivity index (χ0) is 13.4. The number of rotatable bonds is 5. The molecule has 0 bridgehead atoms. The second-order valence-corrected chi connectivity index (χ2v) is 4.08. The fourth-order valence-electron chi connectivity index (χ4n) is 1.69. The molecule has 0 saturated heterocycles. The molecule has 0 unspecified atom stereocenters. The van der Waals surface area contributed by atoms with E-state index in [1.54, 1.807) is 0 Å². The van der Waals surface area contributed by atoms with Crippen LogP contribution in [-0.4, -0.2) is 18.5 Å². The molecule has 98 valence electrons. The van der Waals surface area contributed by atoms with Crippen molar-refractivity contribution in [2.24, 2.45) is 5.73 Å². The number of hydrogen-bond acceptors (Lipinski definition) is 2. The summed E-state index contributed by atoms with van der Waals surface area (Å²) in [6.45, 7) is 2.89. The molecule has 5 heteroatoms. The van der Waals surface area contributed by atoms with E-state index in [9.17, 15) is 0 Å². The van der Waals surface area contributed by atoms with Gasteiger partial charge in [0.2, 0.25) is 5.96 Å². The topological polar surface area (TPSA) is 89.0 Å². The second-order valence-electron chi connectivity index (χ2n) is 4.08. The van der Waals surface area contributed by atoms with Crippen molar-refractivity contribution < 1.29 is 0 Å². The lowest BCUT2D eigenvalue weighted by Gasteiger charge is -2.25. The minimum Gasteiger partial charge on any atom is -0.370 e. The van der Waals surface area contributed by atoms with Crippen molar-refractivity contribution in [1.82, 2.24) is 5.32 Å². The molecule has 0 aliphatic heterocycles. The standard InChI is InChI=1S/C13H21N5/c1-2-3-7-10-18(13(16)17-12(14)15)11-8-5-4-6-9-11/h4-6,8-9H,2-3,7,10H2,1H3,(H5,14,15,16,17). The van der Waals surface area contributed by atoms with Crippen LogP contribution in [0.25, 0.3) is 0 Å². The molecule has 5 N–H and O–H groups in total. The van der Waals surface area contributed by atoms with Crippen LogP contribution in [0, 0.1) is 10.8 Å². The van der Waals surface area contributed by atoms with Crippen LogP contribution in [0.1, 0.15) is 26.2 Å². The summed E-state index contributed by atoms with van der Waals surface area (Å²) in [5, 5.41) is 17.7. The minimum atomic E-state index is -0.212. The quantitative estimate of drug-likeness (QED) is 0.365. The molecule has 18 heavy (non-hydrogen) atoms. The molecule has 1 aromatic carbocycles. The van der Waals surface area contributed by atoms with Gasteiger partial charge in [0.25, 0.3) is 0 Å². The third kappa shape index (κ3) is 4.45.